The molecule has 0 amide bonds. The average Bonchev–Trinajstić information content (AvgIpc) is 3.27. The van der Waals surface area contributed by atoms with Gasteiger partial charge in [-0.3, -0.25) is 0 Å². The number of carbonyl (C=O) groups is 4. The minimum Gasteiger partial charge on any atom is -0.464 e. The summed E-state index contributed by atoms with van der Waals surface area (Å²) in [5.74, 6) is -1.24. The Morgan fingerprint density at radius 1 is 0.600 bits per heavy atom. The van der Waals surface area contributed by atoms with Crippen LogP contribution in [0.4, 0.5) is 9.59 Å². The molecule has 14 nitrogen and oxygen atoms in total. The van der Waals surface area contributed by atoms with Crippen molar-refractivity contribution in [1.29, 1.82) is 0 Å². The molecule has 0 spiro atoms. The standard InChI is InChI=1S/C22H27BClNO7.C21H25ClO3.C4H7ClO3/c1-3-30-22(28)32-14-31-21(27)20(26)13-19(25-23(2)29)11-15-7-9-16(10-8-15)17-5-4-6-18(24)12-17;1-3-15(13-20(23)21(24)25-4-2)12-16-8-10-17(11-9-16)18-6-5-7-19(22)14-18;1-2-7-4(6)8-3-5/h4-10,12,19-20,25-26,29H,3,11,13-14H2,1-2H3;5-11,14-15,20,23H,3-4,12-13H2,1-2H3;2-3H2,1H3/t19-,20-;15-,20-;/m11./s1. The van der Waals surface area contributed by atoms with Gasteiger partial charge in [-0.05, 0) is 117 Å². The number of aliphatic hydroxyl groups excluding tert-OH is 2. The lowest BCUT2D eigenvalue weighted by Gasteiger charge is -2.22. The number of nitrogens with one attached hydrogen (secondary N) is 1. The molecule has 65 heavy (non-hydrogen) atoms. The van der Waals surface area contributed by atoms with Gasteiger partial charge in [0.2, 0.25) is 6.79 Å². The van der Waals surface area contributed by atoms with Crippen molar-refractivity contribution >= 4 is 66.1 Å². The molecular formula is C47H59BCl3NO13. The van der Waals surface area contributed by atoms with E-state index in [4.69, 9.17) is 44.3 Å². The van der Waals surface area contributed by atoms with Crippen molar-refractivity contribution in [3.63, 3.8) is 0 Å². The van der Waals surface area contributed by atoms with Gasteiger partial charge in [-0.1, -0.05) is 121 Å². The molecule has 0 radical (unpaired) electrons. The van der Waals surface area contributed by atoms with Gasteiger partial charge in [0, 0.05) is 16.1 Å². The fraction of sp³-hybridized carbons (Fsp3) is 0.404. The van der Waals surface area contributed by atoms with Crippen molar-refractivity contribution in [1.82, 2.24) is 5.23 Å². The number of benzene rings is 4. The summed E-state index contributed by atoms with van der Waals surface area (Å²) in [5, 5.41) is 34.2. The number of alkyl halides is 1. The summed E-state index contributed by atoms with van der Waals surface area (Å²) in [6.45, 7) is 8.73. The zero-order valence-corrected chi connectivity index (χ0v) is 39.5. The van der Waals surface area contributed by atoms with Crippen LogP contribution < -0.4 is 5.23 Å². The minimum atomic E-state index is -1.47. The van der Waals surface area contributed by atoms with Crippen LogP contribution in [0.2, 0.25) is 16.9 Å². The molecule has 18 heteroatoms. The van der Waals surface area contributed by atoms with E-state index in [2.05, 4.69) is 55.4 Å². The molecule has 4 atom stereocenters. The van der Waals surface area contributed by atoms with Crippen molar-refractivity contribution in [3.8, 4) is 22.3 Å². The molecule has 4 N–H and O–H groups in total. The second-order valence-corrected chi connectivity index (χ2v) is 15.3. The monoisotopic (exact) mass is 961 g/mol. The maximum absolute atomic E-state index is 12.0. The summed E-state index contributed by atoms with van der Waals surface area (Å²) < 4.78 is 27.2. The second kappa shape index (κ2) is 31.9. The summed E-state index contributed by atoms with van der Waals surface area (Å²) >= 11 is 17.1. The zero-order valence-electron chi connectivity index (χ0n) is 37.3. The summed E-state index contributed by atoms with van der Waals surface area (Å²) in [5.41, 5.74) is 6.33. The molecule has 4 rings (SSSR count). The van der Waals surface area contributed by atoms with E-state index in [1.54, 1.807) is 27.6 Å². The Balaban J connectivity index is 0.000000390. The molecule has 4 aromatic rings. The average molecular weight is 963 g/mol. The first-order valence-corrected chi connectivity index (χ1v) is 22.4. The molecule has 4 aromatic carbocycles. The van der Waals surface area contributed by atoms with E-state index in [9.17, 15) is 34.4 Å². The summed E-state index contributed by atoms with van der Waals surface area (Å²) in [7, 11) is -0.846. The van der Waals surface area contributed by atoms with Crippen LogP contribution in [-0.2, 0) is 50.9 Å². The first kappa shape index (κ1) is 56.3. The molecule has 0 saturated heterocycles. The summed E-state index contributed by atoms with van der Waals surface area (Å²) in [6, 6.07) is 30.9. The van der Waals surface area contributed by atoms with Crippen LogP contribution in [0.15, 0.2) is 97.1 Å². The van der Waals surface area contributed by atoms with Gasteiger partial charge in [0.1, 0.15) is 0 Å². The molecule has 0 aromatic heterocycles. The molecule has 0 aliphatic heterocycles. The van der Waals surface area contributed by atoms with Crippen molar-refractivity contribution in [3.05, 3.63) is 118 Å². The first-order chi connectivity index (χ1) is 31.1. The van der Waals surface area contributed by atoms with E-state index >= 15 is 0 Å². The van der Waals surface area contributed by atoms with Gasteiger partial charge in [0.15, 0.2) is 18.3 Å². The zero-order chi connectivity index (χ0) is 48.1. The van der Waals surface area contributed by atoms with Crippen LogP contribution in [0.1, 0.15) is 58.1 Å². The largest absolute Gasteiger partial charge is 0.511 e. The highest BCUT2D eigenvalue weighted by molar-refractivity contribution is 6.45. The van der Waals surface area contributed by atoms with Gasteiger partial charge in [0.05, 0.1) is 19.8 Å². The lowest BCUT2D eigenvalue weighted by molar-refractivity contribution is -0.163. The Bertz CT molecular complexity index is 2000. The number of aliphatic hydroxyl groups is 2. The molecule has 0 unspecified atom stereocenters. The highest BCUT2D eigenvalue weighted by atomic mass is 35.5. The molecule has 0 aliphatic carbocycles. The number of hydrogen-bond acceptors (Lipinski definition) is 14. The Morgan fingerprint density at radius 3 is 1.51 bits per heavy atom. The third-order valence-electron chi connectivity index (χ3n) is 9.25. The molecule has 0 heterocycles. The van der Waals surface area contributed by atoms with Crippen LogP contribution in [0, 0.1) is 5.92 Å². The second-order valence-electron chi connectivity index (χ2n) is 14.2. The van der Waals surface area contributed by atoms with E-state index in [1.165, 1.54) is 5.56 Å². The Kier molecular flexibility index (Phi) is 27.6. The predicted molar refractivity (Wildman–Crippen MR) is 251 cm³/mol. The molecule has 0 fully saturated rings. The maximum Gasteiger partial charge on any atom is 0.511 e. The molecule has 354 valence electrons. The van der Waals surface area contributed by atoms with Gasteiger partial charge in [-0.15, -0.1) is 0 Å². The van der Waals surface area contributed by atoms with Gasteiger partial charge in [0.25, 0.3) is 0 Å². The number of ether oxygens (including phenoxy) is 6. The smallest absolute Gasteiger partial charge is 0.464 e. The number of esters is 2. The lowest BCUT2D eigenvalue weighted by Crippen LogP contribution is -2.44. The van der Waals surface area contributed by atoms with Gasteiger partial charge >= 0.3 is 31.3 Å². The maximum atomic E-state index is 12.0. The minimum absolute atomic E-state index is 0.0147. The number of hydrogen-bond donors (Lipinski definition) is 4. The highest BCUT2D eigenvalue weighted by Crippen LogP contribution is 2.26. The van der Waals surface area contributed by atoms with Crippen LogP contribution >= 0.6 is 34.8 Å². The fourth-order valence-electron chi connectivity index (χ4n) is 6.18. The summed E-state index contributed by atoms with van der Waals surface area (Å²) in [6.07, 6.45) is -1.63. The fourth-order valence-corrected chi connectivity index (χ4v) is 6.65. The van der Waals surface area contributed by atoms with Crippen molar-refractivity contribution in [2.45, 2.75) is 84.9 Å². The highest BCUT2D eigenvalue weighted by Gasteiger charge is 2.25. The normalized spacial score (nSPS) is 12.3. The van der Waals surface area contributed by atoms with Crippen LogP contribution in [0.3, 0.4) is 0 Å². The van der Waals surface area contributed by atoms with Gasteiger partial charge in [-0.25, -0.2) is 19.2 Å². The van der Waals surface area contributed by atoms with E-state index < -0.39 is 56.3 Å². The van der Waals surface area contributed by atoms with Crippen molar-refractivity contribution in [2.75, 3.05) is 32.7 Å². The predicted octanol–water partition coefficient (Wildman–Crippen LogP) is 9.29. The topological polar surface area (TPSA) is 196 Å². The Morgan fingerprint density at radius 2 is 1.06 bits per heavy atom. The quantitative estimate of drug-likeness (QED) is 0.0203. The Labute approximate surface area is 396 Å². The Hall–Kier alpha value is -4.87. The summed E-state index contributed by atoms with van der Waals surface area (Å²) in [4.78, 5) is 44.8. The first-order valence-electron chi connectivity index (χ1n) is 21.1. The molecule has 0 bridgehead atoms. The van der Waals surface area contributed by atoms with Crippen LogP contribution in [0.5, 0.6) is 0 Å². The van der Waals surface area contributed by atoms with Crippen molar-refractivity contribution in [2.24, 2.45) is 5.92 Å². The van der Waals surface area contributed by atoms with E-state index in [0.717, 1.165) is 45.7 Å². The number of rotatable bonds is 21. The van der Waals surface area contributed by atoms with Gasteiger partial charge in [-0.2, -0.15) is 0 Å². The van der Waals surface area contributed by atoms with E-state index in [0.29, 0.717) is 24.5 Å². The SMILES string of the molecule is CCOC(=O)OCCl.CCOC(=O)OCOC(=O)[C@H](O)C[C@@H](Cc1ccc(-c2cccc(Cl)c2)cc1)NB(C)O.CCOC(=O)[C@H](O)C[C@H](CC)Cc1ccc(-c2cccc(Cl)c2)cc1. The van der Waals surface area contributed by atoms with Crippen LogP contribution in [-0.4, -0.2) is 97.5 Å². The molecular weight excluding hydrogens is 904 g/mol. The van der Waals surface area contributed by atoms with E-state index in [1.807, 2.05) is 72.8 Å². The molecule has 0 saturated carbocycles. The third-order valence-corrected chi connectivity index (χ3v) is 9.83. The molecule has 0 aliphatic rings. The third kappa shape index (κ3) is 23.2. The van der Waals surface area contributed by atoms with Gasteiger partial charge < -0.3 is 48.9 Å². The lowest BCUT2D eigenvalue weighted by atomic mass is 9.84. The van der Waals surface area contributed by atoms with Crippen molar-refractivity contribution < 1.29 is 62.8 Å². The van der Waals surface area contributed by atoms with Crippen LogP contribution in [0.25, 0.3) is 22.3 Å². The number of halogens is 3. The number of carbonyl (C=O) groups excluding carboxylic acids is 4. The van der Waals surface area contributed by atoms with E-state index in [-0.39, 0.29) is 31.6 Å².